The van der Waals surface area contributed by atoms with Crippen LogP contribution < -0.4 is 0 Å². The van der Waals surface area contributed by atoms with E-state index in [0.29, 0.717) is 23.7 Å². The fourth-order valence-corrected chi connectivity index (χ4v) is 5.02. The standard InChI is InChI=1S/C15H19NO2S/c1-4-13-8-15(9-13,10-16)19(17,18)14-7-11(2)5-6-12(14)3/h5-7,13H,4,8-9H2,1-3H3. The molecule has 0 aliphatic heterocycles. The van der Waals surface area contributed by atoms with Gasteiger partial charge in [-0.1, -0.05) is 25.5 Å². The fourth-order valence-electron chi connectivity index (χ4n) is 2.74. The predicted molar refractivity (Wildman–Crippen MR) is 74.5 cm³/mol. The van der Waals surface area contributed by atoms with Gasteiger partial charge in [-0.25, -0.2) is 8.42 Å². The van der Waals surface area contributed by atoms with E-state index in [9.17, 15) is 13.7 Å². The second-order valence-corrected chi connectivity index (χ2v) is 7.79. The third kappa shape index (κ3) is 2.06. The maximum atomic E-state index is 12.8. The minimum Gasteiger partial charge on any atom is -0.222 e. The SMILES string of the molecule is CCC1CC(C#N)(S(=O)(=O)c2cc(C)ccc2C)C1. The van der Waals surface area contributed by atoms with E-state index in [1.54, 1.807) is 13.0 Å². The monoisotopic (exact) mass is 277 g/mol. The summed E-state index contributed by atoms with van der Waals surface area (Å²) in [5.41, 5.74) is 1.63. The second-order valence-electron chi connectivity index (χ2n) is 5.56. The van der Waals surface area contributed by atoms with Crippen molar-refractivity contribution in [2.75, 3.05) is 0 Å². The summed E-state index contributed by atoms with van der Waals surface area (Å²) in [7, 11) is -3.57. The Morgan fingerprint density at radius 3 is 2.53 bits per heavy atom. The first-order valence-electron chi connectivity index (χ1n) is 6.59. The zero-order chi connectivity index (χ0) is 14.3. The number of rotatable bonds is 3. The molecule has 0 saturated heterocycles. The van der Waals surface area contributed by atoms with Crippen LogP contribution in [0.4, 0.5) is 0 Å². The summed E-state index contributed by atoms with van der Waals surface area (Å²) in [5.74, 6) is 0.361. The Morgan fingerprint density at radius 1 is 1.37 bits per heavy atom. The van der Waals surface area contributed by atoms with Crippen molar-refractivity contribution in [1.82, 2.24) is 0 Å². The zero-order valence-electron chi connectivity index (χ0n) is 11.6. The lowest BCUT2D eigenvalue weighted by Gasteiger charge is -2.41. The molecule has 1 fully saturated rings. The maximum Gasteiger partial charge on any atom is 0.197 e. The molecule has 0 N–H and O–H groups in total. The molecule has 1 aliphatic rings. The number of aryl methyl sites for hydroxylation is 2. The van der Waals surface area contributed by atoms with Gasteiger partial charge in [-0.15, -0.1) is 0 Å². The van der Waals surface area contributed by atoms with Crippen LogP contribution in [0.25, 0.3) is 0 Å². The molecule has 1 aromatic carbocycles. The van der Waals surface area contributed by atoms with Gasteiger partial charge < -0.3 is 0 Å². The van der Waals surface area contributed by atoms with Crippen molar-refractivity contribution < 1.29 is 8.42 Å². The van der Waals surface area contributed by atoms with E-state index < -0.39 is 14.6 Å². The normalized spacial score (nSPS) is 26.5. The number of sulfone groups is 1. The van der Waals surface area contributed by atoms with E-state index in [1.807, 2.05) is 26.0 Å². The molecule has 3 nitrogen and oxygen atoms in total. The van der Waals surface area contributed by atoms with Crippen LogP contribution in [0.3, 0.4) is 0 Å². The first kappa shape index (κ1) is 14.1. The summed E-state index contributed by atoms with van der Waals surface area (Å²) in [5, 5.41) is 9.38. The van der Waals surface area contributed by atoms with Crippen molar-refractivity contribution in [2.45, 2.75) is 49.7 Å². The highest BCUT2D eigenvalue weighted by Gasteiger charge is 2.54. The highest BCUT2D eigenvalue weighted by molar-refractivity contribution is 7.93. The molecular weight excluding hydrogens is 258 g/mol. The average Bonchev–Trinajstić information content (AvgIpc) is 2.31. The van der Waals surface area contributed by atoms with Crippen LogP contribution in [0, 0.1) is 31.1 Å². The molecule has 102 valence electrons. The molecule has 1 saturated carbocycles. The van der Waals surface area contributed by atoms with Crippen molar-refractivity contribution in [3.8, 4) is 6.07 Å². The topological polar surface area (TPSA) is 57.9 Å². The largest absolute Gasteiger partial charge is 0.222 e. The molecule has 0 aromatic heterocycles. The van der Waals surface area contributed by atoms with E-state index in [0.717, 1.165) is 17.5 Å². The third-order valence-electron chi connectivity index (χ3n) is 4.17. The van der Waals surface area contributed by atoms with Crippen molar-refractivity contribution in [3.05, 3.63) is 29.3 Å². The molecule has 2 rings (SSSR count). The van der Waals surface area contributed by atoms with Crippen molar-refractivity contribution in [2.24, 2.45) is 5.92 Å². The Bertz CT molecular complexity index is 635. The number of hydrogen-bond donors (Lipinski definition) is 0. The summed E-state index contributed by atoms with van der Waals surface area (Å²) in [6.07, 6.45) is 1.87. The zero-order valence-corrected chi connectivity index (χ0v) is 12.4. The Labute approximate surface area is 115 Å². The quantitative estimate of drug-likeness (QED) is 0.852. The smallest absolute Gasteiger partial charge is 0.197 e. The van der Waals surface area contributed by atoms with Gasteiger partial charge in [0.25, 0.3) is 0 Å². The van der Waals surface area contributed by atoms with Gasteiger partial charge in [0.05, 0.1) is 11.0 Å². The number of nitrogens with zero attached hydrogens (tertiary/aromatic N) is 1. The van der Waals surface area contributed by atoms with Gasteiger partial charge in [-0.3, -0.25) is 0 Å². The molecule has 4 heteroatoms. The molecule has 1 aliphatic carbocycles. The summed E-state index contributed by atoms with van der Waals surface area (Å²) in [6.45, 7) is 5.69. The van der Waals surface area contributed by atoms with Gasteiger partial charge >= 0.3 is 0 Å². The highest BCUT2D eigenvalue weighted by atomic mass is 32.2. The Morgan fingerprint density at radius 2 is 2.00 bits per heavy atom. The molecule has 0 radical (unpaired) electrons. The van der Waals surface area contributed by atoms with Crippen LogP contribution in [0.15, 0.2) is 23.1 Å². The Balaban J connectivity index is 2.49. The molecular formula is C15H19NO2S. The van der Waals surface area contributed by atoms with Crippen molar-refractivity contribution in [1.29, 1.82) is 5.26 Å². The lowest BCUT2D eigenvalue weighted by Crippen LogP contribution is -2.49. The minimum absolute atomic E-state index is 0.323. The van der Waals surface area contributed by atoms with Gasteiger partial charge in [-0.2, -0.15) is 5.26 Å². The number of hydrogen-bond acceptors (Lipinski definition) is 3. The van der Waals surface area contributed by atoms with Crippen LogP contribution in [-0.4, -0.2) is 13.2 Å². The number of nitriles is 1. The van der Waals surface area contributed by atoms with E-state index >= 15 is 0 Å². The van der Waals surface area contributed by atoms with Crippen molar-refractivity contribution in [3.63, 3.8) is 0 Å². The maximum absolute atomic E-state index is 12.8. The lowest BCUT2D eigenvalue weighted by atomic mass is 9.73. The highest BCUT2D eigenvalue weighted by Crippen LogP contribution is 2.48. The molecule has 0 amide bonds. The molecule has 0 bridgehead atoms. The fraction of sp³-hybridized carbons (Fsp3) is 0.533. The van der Waals surface area contributed by atoms with E-state index in [4.69, 9.17) is 0 Å². The average molecular weight is 277 g/mol. The third-order valence-corrected chi connectivity index (χ3v) is 6.64. The summed E-state index contributed by atoms with van der Waals surface area (Å²) >= 11 is 0. The van der Waals surface area contributed by atoms with Gasteiger partial charge in [0, 0.05) is 0 Å². The van der Waals surface area contributed by atoms with Gasteiger partial charge in [0.2, 0.25) is 0 Å². The molecule has 0 heterocycles. The molecule has 0 atom stereocenters. The van der Waals surface area contributed by atoms with Crippen LogP contribution >= 0.6 is 0 Å². The number of benzene rings is 1. The van der Waals surface area contributed by atoms with Gasteiger partial charge in [0.15, 0.2) is 14.6 Å². The minimum atomic E-state index is -3.57. The first-order chi connectivity index (χ1) is 8.86. The van der Waals surface area contributed by atoms with Crippen LogP contribution in [-0.2, 0) is 9.84 Å². The van der Waals surface area contributed by atoms with E-state index in [1.165, 1.54) is 0 Å². The molecule has 0 spiro atoms. The molecule has 19 heavy (non-hydrogen) atoms. The van der Waals surface area contributed by atoms with Crippen LogP contribution in [0.5, 0.6) is 0 Å². The van der Waals surface area contributed by atoms with Crippen LogP contribution in [0.1, 0.15) is 37.3 Å². The molecule has 0 unspecified atom stereocenters. The first-order valence-corrected chi connectivity index (χ1v) is 8.08. The second kappa shape index (κ2) is 4.64. The van der Waals surface area contributed by atoms with E-state index in [2.05, 4.69) is 6.07 Å². The Hall–Kier alpha value is -1.34. The summed E-state index contributed by atoms with van der Waals surface area (Å²) in [6, 6.07) is 7.46. The summed E-state index contributed by atoms with van der Waals surface area (Å²) in [4.78, 5) is 0.323. The van der Waals surface area contributed by atoms with Gasteiger partial charge in [0.1, 0.15) is 0 Å². The van der Waals surface area contributed by atoms with Gasteiger partial charge in [-0.05, 0) is 49.8 Å². The summed E-state index contributed by atoms with van der Waals surface area (Å²) < 4.78 is 24.4. The predicted octanol–water partition coefficient (Wildman–Crippen LogP) is 3.16. The van der Waals surface area contributed by atoms with E-state index in [-0.39, 0.29) is 0 Å². The molecule has 1 aromatic rings. The van der Waals surface area contributed by atoms with Crippen molar-refractivity contribution >= 4 is 9.84 Å². The Kier molecular flexibility index (Phi) is 3.44. The lowest BCUT2D eigenvalue weighted by molar-refractivity contribution is 0.256. The van der Waals surface area contributed by atoms with Crippen LogP contribution in [0.2, 0.25) is 0 Å².